The number of para-hydroxylation sites is 1. The van der Waals surface area contributed by atoms with E-state index in [-0.39, 0.29) is 11.7 Å². The Morgan fingerprint density at radius 2 is 2.00 bits per heavy atom. The molecule has 3 aromatic rings. The Morgan fingerprint density at radius 1 is 1.22 bits per heavy atom. The van der Waals surface area contributed by atoms with Crippen LogP contribution < -0.4 is 5.32 Å². The van der Waals surface area contributed by atoms with Crippen LogP contribution in [-0.4, -0.2) is 34.2 Å². The molecule has 2 heterocycles. The van der Waals surface area contributed by atoms with Gasteiger partial charge in [0.05, 0.1) is 28.6 Å². The van der Waals surface area contributed by atoms with E-state index in [4.69, 9.17) is 4.74 Å². The molecule has 0 unspecified atom stereocenters. The van der Waals surface area contributed by atoms with E-state index >= 15 is 0 Å². The highest BCUT2D eigenvalue weighted by Gasteiger charge is 2.17. The van der Waals surface area contributed by atoms with Gasteiger partial charge < -0.3 is 10.1 Å². The minimum atomic E-state index is -0.418. The lowest BCUT2D eigenvalue weighted by molar-refractivity contribution is -0.113. The molecular formula is C19H19N3O3S2. The van der Waals surface area contributed by atoms with Gasteiger partial charge >= 0.3 is 5.97 Å². The molecule has 0 radical (unpaired) electrons. The number of benzene rings is 1. The number of rotatable bonds is 6. The predicted octanol–water partition coefficient (Wildman–Crippen LogP) is 4.22. The number of carbonyl (C=O) groups is 2. The van der Waals surface area contributed by atoms with Crippen molar-refractivity contribution in [1.82, 2.24) is 9.97 Å². The molecule has 1 N–H and O–H groups in total. The summed E-state index contributed by atoms with van der Waals surface area (Å²) in [7, 11) is 0. The van der Waals surface area contributed by atoms with Gasteiger partial charge in [-0.1, -0.05) is 41.3 Å². The molecule has 27 heavy (non-hydrogen) atoms. The summed E-state index contributed by atoms with van der Waals surface area (Å²) in [5.41, 5.74) is 2.58. The molecule has 0 fully saturated rings. The maximum atomic E-state index is 12.2. The summed E-state index contributed by atoms with van der Waals surface area (Å²) in [5, 5.41) is 5.03. The Bertz CT molecular complexity index is 1000. The summed E-state index contributed by atoms with van der Waals surface area (Å²) in [4.78, 5) is 33.3. The zero-order valence-electron chi connectivity index (χ0n) is 15.2. The number of anilines is 1. The van der Waals surface area contributed by atoms with Crippen molar-refractivity contribution in [1.29, 1.82) is 0 Å². The molecule has 0 atom stereocenters. The maximum Gasteiger partial charge on any atom is 0.350 e. The predicted molar refractivity (Wildman–Crippen MR) is 109 cm³/mol. The quantitative estimate of drug-likeness (QED) is 0.492. The van der Waals surface area contributed by atoms with Crippen LogP contribution in [0.4, 0.5) is 5.13 Å². The Balaban J connectivity index is 1.63. The van der Waals surface area contributed by atoms with E-state index < -0.39 is 5.97 Å². The fourth-order valence-electron chi connectivity index (χ4n) is 2.52. The number of thioether (sulfide) groups is 1. The van der Waals surface area contributed by atoms with Gasteiger partial charge in [0.1, 0.15) is 4.88 Å². The zero-order chi connectivity index (χ0) is 19.4. The molecule has 0 aliphatic rings. The third-order valence-electron chi connectivity index (χ3n) is 3.75. The van der Waals surface area contributed by atoms with Crippen LogP contribution in [0.25, 0.3) is 10.9 Å². The second kappa shape index (κ2) is 8.49. The molecule has 1 aromatic carbocycles. The van der Waals surface area contributed by atoms with Gasteiger partial charge in [-0.05, 0) is 38.5 Å². The first-order valence-corrected chi connectivity index (χ1v) is 10.2. The molecule has 0 saturated carbocycles. The van der Waals surface area contributed by atoms with Crippen molar-refractivity contribution in [2.45, 2.75) is 25.8 Å². The van der Waals surface area contributed by atoms with Crippen molar-refractivity contribution in [3.63, 3.8) is 0 Å². The van der Waals surface area contributed by atoms with Crippen LogP contribution in [0, 0.1) is 13.8 Å². The summed E-state index contributed by atoms with van der Waals surface area (Å²) in [6, 6.07) is 9.90. The Hall–Kier alpha value is -2.45. The van der Waals surface area contributed by atoms with E-state index in [1.807, 2.05) is 37.3 Å². The van der Waals surface area contributed by atoms with Crippen molar-refractivity contribution in [2.24, 2.45) is 0 Å². The van der Waals surface area contributed by atoms with Gasteiger partial charge in [0.15, 0.2) is 5.13 Å². The van der Waals surface area contributed by atoms with Crippen molar-refractivity contribution < 1.29 is 14.3 Å². The largest absolute Gasteiger partial charge is 0.462 e. The second-order valence-electron chi connectivity index (χ2n) is 5.79. The lowest BCUT2D eigenvalue weighted by Gasteiger charge is -2.06. The van der Waals surface area contributed by atoms with Crippen molar-refractivity contribution in [3.05, 3.63) is 46.5 Å². The Kier molecular flexibility index (Phi) is 6.08. The number of carbonyl (C=O) groups excluding carboxylic acids is 2. The number of nitrogens with zero attached hydrogens (tertiary/aromatic N) is 2. The van der Waals surface area contributed by atoms with E-state index in [1.54, 1.807) is 13.8 Å². The first-order valence-electron chi connectivity index (χ1n) is 8.41. The first-order chi connectivity index (χ1) is 13.0. The number of aromatic nitrogens is 2. The summed E-state index contributed by atoms with van der Waals surface area (Å²) in [6.45, 7) is 5.79. The number of amides is 1. The fraction of sp³-hybridized carbons (Fsp3) is 0.263. The molecule has 140 valence electrons. The zero-order valence-corrected chi connectivity index (χ0v) is 16.9. The van der Waals surface area contributed by atoms with Crippen LogP contribution >= 0.6 is 23.1 Å². The summed E-state index contributed by atoms with van der Waals surface area (Å²) in [6.07, 6.45) is 0. The van der Waals surface area contributed by atoms with Gasteiger partial charge in [0.2, 0.25) is 5.91 Å². The second-order valence-corrected chi connectivity index (χ2v) is 7.78. The molecule has 1 amide bonds. The summed E-state index contributed by atoms with van der Waals surface area (Å²) in [5.74, 6) is -0.409. The molecule has 0 spiro atoms. The van der Waals surface area contributed by atoms with Crippen molar-refractivity contribution in [3.8, 4) is 0 Å². The van der Waals surface area contributed by atoms with Crippen LogP contribution in [0.2, 0.25) is 0 Å². The number of aryl methyl sites for hydroxylation is 2. The van der Waals surface area contributed by atoms with Gasteiger partial charge in [-0.25, -0.2) is 14.8 Å². The van der Waals surface area contributed by atoms with Crippen molar-refractivity contribution >= 4 is 51.0 Å². The first kappa shape index (κ1) is 19.3. The summed E-state index contributed by atoms with van der Waals surface area (Å²) >= 11 is 2.48. The smallest absolute Gasteiger partial charge is 0.350 e. The molecule has 8 heteroatoms. The number of ether oxygens (including phenoxy) is 1. The number of hydrogen-bond donors (Lipinski definition) is 1. The number of pyridine rings is 1. The lowest BCUT2D eigenvalue weighted by Crippen LogP contribution is -2.13. The number of nitrogens with one attached hydrogen (secondary N) is 1. The van der Waals surface area contributed by atoms with E-state index in [9.17, 15) is 9.59 Å². The highest BCUT2D eigenvalue weighted by molar-refractivity contribution is 7.99. The molecule has 6 nitrogen and oxygen atoms in total. The van der Waals surface area contributed by atoms with Crippen LogP contribution in [0.1, 0.15) is 27.9 Å². The van der Waals surface area contributed by atoms with Crippen LogP contribution in [0.3, 0.4) is 0 Å². The SMILES string of the molecule is CCOC(=O)c1sc(NC(=O)CSc2cc(C)c3ccccc3n2)nc1C. The molecule has 0 bridgehead atoms. The van der Waals surface area contributed by atoms with E-state index in [0.717, 1.165) is 32.8 Å². The van der Waals surface area contributed by atoms with E-state index in [2.05, 4.69) is 15.3 Å². The molecule has 0 aliphatic carbocycles. The minimum Gasteiger partial charge on any atom is -0.462 e. The molecular weight excluding hydrogens is 382 g/mol. The van der Waals surface area contributed by atoms with E-state index in [1.165, 1.54) is 11.8 Å². The third kappa shape index (κ3) is 4.64. The van der Waals surface area contributed by atoms with Gasteiger partial charge in [0, 0.05) is 5.39 Å². The number of fused-ring (bicyclic) bond motifs is 1. The maximum absolute atomic E-state index is 12.2. The average molecular weight is 402 g/mol. The normalized spacial score (nSPS) is 10.8. The van der Waals surface area contributed by atoms with Gasteiger partial charge in [-0.3, -0.25) is 4.79 Å². The van der Waals surface area contributed by atoms with Crippen LogP contribution in [0.15, 0.2) is 35.4 Å². The van der Waals surface area contributed by atoms with Gasteiger partial charge in [-0.2, -0.15) is 0 Å². The highest BCUT2D eigenvalue weighted by atomic mass is 32.2. The van der Waals surface area contributed by atoms with Crippen molar-refractivity contribution in [2.75, 3.05) is 17.7 Å². The highest BCUT2D eigenvalue weighted by Crippen LogP contribution is 2.25. The third-order valence-corrected chi connectivity index (χ3v) is 5.72. The van der Waals surface area contributed by atoms with E-state index in [0.29, 0.717) is 22.3 Å². The minimum absolute atomic E-state index is 0.197. The topological polar surface area (TPSA) is 81.2 Å². The number of thiazole rings is 1. The number of esters is 1. The molecule has 0 saturated heterocycles. The van der Waals surface area contributed by atoms with Gasteiger partial charge in [0.25, 0.3) is 0 Å². The standard InChI is InChI=1S/C19H19N3O3S2/c1-4-25-18(24)17-12(3)20-19(27-17)22-15(23)10-26-16-9-11(2)13-7-5-6-8-14(13)21-16/h5-9H,4,10H2,1-3H3,(H,20,22,23). The average Bonchev–Trinajstić information content (AvgIpc) is 3.00. The van der Waals surface area contributed by atoms with Crippen LogP contribution in [-0.2, 0) is 9.53 Å². The monoisotopic (exact) mass is 401 g/mol. The Labute approximate surface area is 165 Å². The Morgan fingerprint density at radius 3 is 2.78 bits per heavy atom. The van der Waals surface area contributed by atoms with Crippen LogP contribution in [0.5, 0.6) is 0 Å². The molecule has 3 rings (SSSR count). The fourth-order valence-corrected chi connectivity index (χ4v) is 4.17. The molecule has 2 aromatic heterocycles. The molecule has 0 aliphatic heterocycles. The summed E-state index contributed by atoms with van der Waals surface area (Å²) < 4.78 is 4.99. The van der Waals surface area contributed by atoms with Gasteiger partial charge in [-0.15, -0.1) is 0 Å². The number of hydrogen-bond acceptors (Lipinski definition) is 7. The lowest BCUT2D eigenvalue weighted by atomic mass is 10.1.